The van der Waals surface area contributed by atoms with E-state index in [1.54, 1.807) is 39.0 Å². The van der Waals surface area contributed by atoms with Gasteiger partial charge >= 0.3 is 12.1 Å². The van der Waals surface area contributed by atoms with Crippen molar-refractivity contribution in [1.82, 2.24) is 4.90 Å². The molecule has 0 aromatic heterocycles. The number of carbonyl (C=O) groups is 2. The highest BCUT2D eigenvalue weighted by Gasteiger charge is 2.52. The van der Waals surface area contributed by atoms with Crippen molar-refractivity contribution in [2.75, 3.05) is 21.3 Å². The molecule has 2 aromatic carbocycles. The summed E-state index contributed by atoms with van der Waals surface area (Å²) in [4.78, 5) is 27.6. The highest BCUT2D eigenvalue weighted by Crippen LogP contribution is 2.49. The van der Waals surface area contributed by atoms with Gasteiger partial charge in [0, 0.05) is 0 Å². The number of benzene rings is 2. The summed E-state index contributed by atoms with van der Waals surface area (Å²) in [6.45, 7) is 5.32. The summed E-state index contributed by atoms with van der Waals surface area (Å²) in [5.41, 5.74) is 0.401. The van der Waals surface area contributed by atoms with Crippen molar-refractivity contribution in [3.05, 3.63) is 59.7 Å². The van der Waals surface area contributed by atoms with Gasteiger partial charge in [-0.2, -0.15) is 0 Å². The van der Waals surface area contributed by atoms with E-state index in [9.17, 15) is 9.59 Å². The third kappa shape index (κ3) is 4.65. The quantitative estimate of drug-likeness (QED) is 0.639. The summed E-state index contributed by atoms with van der Waals surface area (Å²) in [6.07, 6.45) is -2.75. The first-order chi connectivity index (χ1) is 15.2. The van der Waals surface area contributed by atoms with Gasteiger partial charge in [0.1, 0.15) is 23.1 Å². The third-order valence-corrected chi connectivity index (χ3v) is 5.01. The topological polar surface area (TPSA) is 83.5 Å². The maximum Gasteiger partial charge on any atom is 0.413 e. The van der Waals surface area contributed by atoms with Crippen LogP contribution in [0.5, 0.6) is 11.5 Å². The minimum Gasteiger partial charge on any atom is -0.496 e. The van der Waals surface area contributed by atoms with Crippen molar-refractivity contribution < 1.29 is 33.3 Å². The average Bonchev–Trinajstić information content (AvgIpc) is 3.17. The van der Waals surface area contributed by atoms with E-state index in [0.717, 1.165) is 0 Å². The Labute approximate surface area is 188 Å². The van der Waals surface area contributed by atoms with Crippen LogP contribution >= 0.6 is 0 Å². The lowest BCUT2D eigenvalue weighted by Crippen LogP contribution is -2.40. The van der Waals surface area contributed by atoms with E-state index in [4.69, 9.17) is 23.7 Å². The van der Waals surface area contributed by atoms with Gasteiger partial charge in [0.15, 0.2) is 12.3 Å². The van der Waals surface area contributed by atoms with E-state index in [1.165, 1.54) is 26.2 Å². The summed E-state index contributed by atoms with van der Waals surface area (Å²) in [6, 6.07) is 13.6. The molecule has 172 valence electrons. The maximum atomic E-state index is 13.5. The van der Waals surface area contributed by atoms with Crippen molar-refractivity contribution >= 4 is 12.1 Å². The minimum atomic E-state index is -1.09. The number of rotatable bonds is 5. The molecule has 3 rings (SSSR count). The van der Waals surface area contributed by atoms with Crippen LogP contribution < -0.4 is 9.47 Å². The van der Waals surface area contributed by atoms with E-state index in [2.05, 4.69) is 0 Å². The molecule has 1 unspecified atom stereocenters. The zero-order chi connectivity index (χ0) is 23.5. The van der Waals surface area contributed by atoms with E-state index in [1.807, 2.05) is 30.3 Å². The number of esters is 1. The molecule has 32 heavy (non-hydrogen) atoms. The molecule has 2 aromatic rings. The van der Waals surface area contributed by atoms with Crippen molar-refractivity contribution in [3.63, 3.8) is 0 Å². The number of nitrogens with zero attached hydrogens (tertiary/aromatic N) is 1. The molecule has 1 aliphatic heterocycles. The lowest BCUT2D eigenvalue weighted by Gasteiger charge is -2.32. The zero-order valence-electron chi connectivity index (χ0n) is 19.2. The number of hydrogen-bond acceptors (Lipinski definition) is 7. The summed E-state index contributed by atoms with van der Waals surface area (Å²) < 4.78 is 28.0. The molecule has 0 bridgehead atoms. The van der Waals surface area contributed by atoms with Crippen molar-refractivity contribution in [2.45, 2.75) is 44.7 Å². The van der Waals surface area contributed by atoms with Crippen LogP contribution in [0.3, 0.4) is 0 Å². The monoisotopic (exact) mass is 443 g/mol. The van der Waals surface area contributed by atoms with Crippen LogP contribution in [-0.4, -0.2) is 50.0 Å². The molecule has 0 spiro atoms. The molecule has 1 amide bonds. The van der Waals surface area contributed by atoms with Gasteiger partial charge in [-0.15, -0.1) is 0 Å². The molecule has 3 atom stereocenters. The standard InChI is InChI=1S/C24H29NO7/c1-24(2,3)32-23(27)25-19(15-11-8-7-9-12-15)20(22(26)30-6)31-21(25)18-16(28-4)13-10-14-17(18)29-5/h7-14,19-21H,1-6H3/t19-,20+,21?/m0/s1. The Bertz CT molecular complexity index is 932. The first-order valence-corrected chi connectivity index (χ1v) is 10.2. The second-order valence-electron chi connectivity index (χ2n) is 8.25. The minimum absolute atomic E-state index is 0.445. The summed E-state index contributed by atoms with van der Waals surface area (Å²) in [5.74, 6) is 0.282. The van der Waals surface area contributed by atoms with Crippen LogP contribution in [0.15, 0.2) is 48.5 Å². The fraction of sp³-hybridized carbons (Fsp3) is 0.417. The van der Waals surface area contributed by atoms with Crippen molar-refractivity contribution in [3.8, 4) is 11.5 Å². The molecule has 0 saturated carbocycles. The van der Waals surface area contributed by atoms with E-state index in [-0.39, 0.29) is 0 Å². The highest BCUT2D eigenvalue weighted by atomic mass is 16.6. The summed E-state index contributed by atoms with van der Waals surface area (Å²) >= 11 is 0. The first kappa shape index (κ1) is 23.4. The predicted molar refractivity (Wildman–Crippen MR) is 116 cm³/mol. The van der Waals surface area contributed by atoms with Crippen LogP contribution in [0.4, 0.5) is 4.79 Å². The Kier molecular flexibility index (Phi) is 6.93. The van der Waals surface area contributed by atoms with E-state index < -0.39 is 36.0 Å². The normalized spacial score (nSPS) is 20.6. The smallest absolute Gasteiger partial charge is 0.413 e. The number of hydrogen-bond donors (Lipinski definition) is 0. The van der Waals surface area contributed by atoms with Gasteiger partial charge in [-0.1, -0.05) is 36.4 Å². The summed E-state index contributed by atoms with van der Waals surface area (Å²) in [7, 11) is 4.30. The van der Waals surface area contributed by atoms with Crippen LogP contribution in [0.1, 0.15) is 44.2 Å². The second-order valence-corrected chi connectivity index (χ2v) is 8.25. The number of methoxy groups -OCH3 is 3. The van der Waals surface area contributed by atoms with Crippen LogP contribution in [-0.2, 0) is 19.0 Å². The molecule has 0 radical (unpaired) electrons. The Morgan fingerprint density at radius 1 is 0.906 bits per heavy atom. The van der Waals surface area contributed by atoms with Crippen LogP contribution in [0, 0.1) is 0 Å². The van der Waals surface area contributed by atoms with Gasteiger partial charge < -0.3 is 23.7 Å². The van der Waals surface area contributed by atoms with Crippen LogP contribution in [0.25, 0.3) is 0 Å². The fourth-order valence-corrected chi connectivity index (χ4v) is 3.71. The molecule has 1 aliphatic rings. The Hall–Kier alpha value is -3.26. The molecule has 8 nitrogen and oxygen atoms in total. The first-order valence-electron chi connectivity index (χ1n) is 10.2. The number of ether oxygens (including phenoxy) is 5. The Morgan fingerprint density at radius 2 is 1.50 bits per heavy atom. The van der Waals surface area contributed by atoms with Crippen molar-refractivity contribution in [1.29, 1.82) is 0 Å². The Morgan fingerprint density at radius 3 is 2.00 bits per heavy atom. The zero-order valence-corrected chi connectivity index (χ0v) is 19.2. The second kappa shape index (κ2) is 9.48. The molecular formula is C24H29NO7. The number of amides is 1. The highest BCUT2D eigenvalue weighted by molar-refractivity contribution is 5.79. The van der Waals surface area contributed by atoms with Gasteiger partial charge in [-0.25, -0.2) is 9.59 Å². The van der Waals surface area contributed by atoms with Gasteiger partial charge in [0.25, 0.3) is 0 Å². The third-order valence-electron chi connectivity index (χ3n) is 5.01. The van der Waals surface area contributed by atoms with E-state index >= 15 is 0 Å². The fourth-order valence-electron chi connectivity index (χ4n) is 3.71. The average molecular weight is 443 g/mol. The van der Waals surface area contributed by atoms with Gasteiger partial charge in [-0.3, -0.25) is 4.90 Å². The van der Waals surface area contributed by atoms with E-state index in [0.29, 0.717) is 22.6 Å². The van der Waals surface area contributed by atoms with Gasteiger partial charge in [0.05, 0.1) is 26.9 Å². The number of carbonyl (C=O) groups excluding carboxylic acids is 2. The molecule has 1 saturated heterocycles. The molecule has 1 heterocycles. The van der Waals surface area contributed by atoms with Gasteiger partial charge in [0.2, 0.25) is 0 Å². The van der Waals surface area contributed by atoms with Crippen molar-refractivity contribution in [2.24, 2.45) is 0 Å². The summed E-state index contributed by atoms with van der Waals surface area (Å²) in [5, 5.41) is 0. The Balaban J connectivity index is 2.22. The SMILES string of the molecule is COC(=O)[C@@H]1OC(c2c(OC)cccc2OC)N(C(=O)OC(C)(C)C)[C@H]1c1ccccc1. The largest absolute Gasteiger partial charge is 0.496 e. The lowest BCUT2D eigenvalue weighted by molar-refractivity contribution is -0.154. The van der Waals surface area contributed by atoms with Crippen LogP contribution in [0.2, 0.25) is 0 Å². The van der Waals surface area contributed by atoms with Gasteiger partial charge in [-0.05, 0) is 38.5 Å². The molecular weight excluding hydrogens is 414 g/mol. The molecule has 8 heteroatoms. The maximum absolute atomic E-state index is 13.5. The lowest BCUT2D eigenvalue weighted by atomic mass is 10.0. The molecule has 1 fully saturated rings. The predicted octanol–water partition coefficient (Wildman–Crippen LogP) is 4.25. The molecule has 0 N–H and O–H groups in total. The molecule has 0 aliphatic carbocycles.